The van der Waals surface area contributed by atoms with Crippen LogP contribution in [0.3, 0.4) is 0 Å². The zero-order valence-corrected chi connectivity index (χ0v) is 17.4. The lowest BCUT2D eigenvalue weighted by molar-refractivity contribution is 0.287. The van der Waals surface area contributed by atoms with E-state index >= 15 is 0 Å². The molecule has 0 spiro atoms. The normalized spacial score (nSPS) is 15.9. The number of aryl methyl sites for hydroxylation is 1. The maximum Gasteiger partial charge on any atom is 0.249 e. The summed E-state index contributed by atoms with van der Waals surface area (Å²) < 4.78 is 99.9. The molecule has 0 radical (unpaired) electrons. The van der Waals surface area contributed by atoms with Crippen LogP contribution in [0.5, 0.6) is 0 Å². The average molecular weight is 473 g/mol. The zero-order valence-electron chi connectivity index (χ0n) is 16.6. The molecule has 0 unspecified atom stereocenters. The monoisotopic (exact) mass is 473 g/mol. The predicted octanol–water partition coefficient (Wildman–Crippen LogP) is 4.31. The molecule has 0 amide bonds. The van der Waals surface area contributed by atoms with Gasteiger partial charge >= 0.3 is 0 Å². The Morgan fingerprint density at radius 1 is 0.875 bits per heavy atom. The number of rotatable bonds is 4. The molecule has 0 saturated carbocycles. The first-order chi connectivity index (χ1) is 15.1. The summed E-state index contributed by atoms with van der Waals surface area (Å²) in [5.41, 5.74) is 1.76. The first-order valence-electron chi connectivity index (χ1n) is 9.53. The number of piperidine rings is 1. The second kappa shape index (κ2) is 8.24. The third kappa shape index (κ3) is 3.77. The van der Waals surface area contributed by atoms with Crippen LogP contribution in [0.2, 0.25) is 0 Å². The van der Waals surface area contributed by atoms with Crippen LogP contribution in [0.4, 0.5) is 22.0 Å². The van der Waals surface area contributed by atoms with Crippen molar-refractivity contribution in [3.05, 3.63) is 64.8 Å². The van der Waals surface area contributed by atoms with Crippen molar-refractivity contribution in [3.8, 4) is 11.5 Å². The molecule has 1 aliphatic rings. The summed E-state index contributed by atoms with van der Waals surface area (Å²) >= 11 is 0. The van der Waals surface area contributed by atoms with E-state index in [-0.39, 0.29) is 43.6 Å². The highest BCUT2D eigenvalue weighted by Gasteiger charge is 2.39. The minimum Gasteiger partial charge on any atom is -0.420 e. The van der Waals surface area contributed by atoms with Crippen LogP contribution in [-0.4, -0.2) is 36.0 Å². The van der Waals surface area contributed by atoms with E-state index < -0.39 is 44.0 Å². The number of halogens is 5. The summed E-state index contributed by atoms with van der Waals surface area (Å²) in [6.45, 7) is 1.47. The van der Waals surface area contributed by atoms with Gasteiger partial charge in [0.15, 0.2) is 28.2 Å². The van der Waals surface area contributed by atoms with Gasteiger partial charge in [-0.2, -0.15) is 4.31 Å². The van der Waals surface area contributed by atoms with Gasteiger partial charge in [-0.3, -0.25) is 0 Å². The number of nitrogens with zero attached hydrogens (tertiary/aromatic N) is 3. The summed E-state index contributed by atoms with van der Waals surface area (Å²) in [4.78, 5) is -1.85. The van der Waals surface area contributed by atoms with E-state index in [2.05, 4.69) is 10.2 Å². The Hall–Kier alpha value is -2.86. The summed E-state index contributed by atoms with van der Waals surface area (Å²) in [5, 5.41) is 7.99. The molecule has 0 N–H and O–H groups in total. The third-order valence-electron chi connectivity index (χ3n) is 5.31. The van der Waals surface area contributed by atoms with Crippen molar-refractivity contribution in [3.63, 3.8) is 0 Å². The largest absolute Gasteiger partial charge is 0.420 e. The van der Waals surface area contributed by atoms with Gasteiger partial charge in [0, 0.05) is 24.6 Å². The van der Waals surface area contributed by atoms with Gasteiger partial charge in [-0.1, -0.05) is 17.7 Å². The van der Waals surface area contributed by atoms with Gasteiger partial charge in [-0.15, -0.1) is 10.2 Å². The average Bonchev–Trinajstić information content (AvgIpc) is 3.27. The first-order valence-corrected chi connectivity index (χ1v) is 11.0. The molecule has 3 aromatic rings. The van der Waals surface area contributed by atoms with Crippen LogP contribution in [-0.2, 0) is 10.0 Å². The number of sulfonamides is 1. The summed E-state index contributed by atoms with van der Waals surface area (Å²) in [5.74, 6) is -11.6. The molecule has 6 nitrogen and oxygen atoms in total. The molecular formula is C20H16F5N3O3S. The van der Waals surface area contributed by atoms with E-state index in [1.165, 1.54) is 0 Å². The Bertz CT molecular complexity index is 1240. The van der Waals surface area contributed by atoms with E-state index in [1.807, 2.05) is 31.2 Å². The molecule has 1 aromatic heterocycles. The molecule has 0 aliphatic carbocycles. The van der Waals surface area contributed by atoms with Crippen molar-refractivity contribution in [1.82, 2.24) is 14.5 Å². The molecule has 2 heterocycles. The summed E-state index contributed by atoms with van der Waals surface area (Å²) in [7, 11) is -4.96. The van der Waals surface area contributed by atoms with Crippen LogP contribution >= 0.6 is 0 Å². The van der Waals surface area contributed by atoms with Crippen LogP contribution in [0.15, 0.2) is 33.6 Å². The van der Waals surface area contributed by atoms with Gasteiger partial charge in [0.25, 0.3) is 0 Å². The fourth-order valence-corrected chi connectivity index (χ4v) is 5.08. The van der Waals surface area contributed by atoms with Crippen molar-refractivity contribution >= 4 is 10.0 Å². The molecule has 12 heteroatoms. The highest BCUT2D eigenvalue weighted by molar-refractivity contribution is 7.89. The molecule has 1 aliphatic heterocycles. The van der Waals surface area contributed by atoms with E-state index in [0.29, 0.717) is 9.87 Å². The standard InChI is InChI=1S/C20H16F5N3O3S/c1-10-2-4-11(5-3-10)19-26-27-20(31-19)12-6-8-28(9-7-12)32(29,30)18-16(24)14(22)13(21)15(23)17(18)25/h2-5,12H,6-9H2,1H3. The lowest BCUT2D eigenvalue weighted by atomic mass is 9.98. The highest BCUT2D eigenvalue weighted by atomic mass is 32.2. The first kappa shape index (κ1) is 22.3. The third-order valence-corrected chi connectivity index (χ3v) is 7.23. The van der Waals surface area contributed by atoms with Gasteiger partial charge in [0.1, 0.15) is 0 Å². The molecule has 1 saturated heterocycles. The summed E-state index contributed by atoms with van der Waals surface area (Å²) in [6.07, 6.45) is 0.314. The lowest BCUT2D eigenvalue weighted by Gasteiger charge is -2.29. The minimum absolute atomic E-state index is 0.157. The Balaban J connectivity index is 1.53. The van der Waals surface area contributed by atoms with E-state index in [9.17, 15) is 30.4 Å². The van der Waals surface area contributed by atoms with Gasteiger partial charge in [-0.25, -0.2) is 30.4 Å². The van der Waals surface area contributed by atoms with Gasteiger partial charge < -0.3 is 4.42 Å². The van der Waals surface area contributed by atoms with Crippen molar-refractivity contribution < 1.29 is 34.8 Å². The molecule has 4 rings (SSSR count). The van der Waals surface area contributed by atoms with Gasteiger partial charge in [-0.05, 0) is 31.9 Å². The van der Waals surface area contributed by atoms with Crippen LogP contribution in [0.1, 0.15) is 30.2 Å². The number of benzene rings is 2. The second-order valence-corrected chi connectivity index (χ2v) is 9.26. The smallest absolute Gasteiger partial charge is 0.249 e. The number of hydrogen-bond acceptors (Lipinski definition) is 5. The van der Waals surface area contributed by atoms with E-state index in [1.54, 1.807) is 0 Å². The van der Waals surface area contributed by atoms with Crippen LogP contribution in [0, 0.1) is 36.0 Å². The molecule has 170 valence electrons. The Labute approximate surface area is 179 Å². The maximum absolute atomic E-state index is 14.0. The molecule has 0 bridgehead atoms. The predicted molar refractivity (Wildman–Crippen MR) is 101 cm³/mol. The van der Waals surface area contributed by atoms with Crippen molar-refractivity contribution in [2.24, 2.45) is 0 Å². The Morgan fingerprint density at radius 3 is 1.97 bits per heavy atom. The van der Waals surface area contributed by atoms with Gasteiger partial charge in [0.05, 0.1) is 0 Å². The quantitative estimate of drug-likeness (QED) is 0.321. The molecular weight excluding hydrogens is 457 g/mol. The molecule has 1 fully saturated rings. The molecule has 32 heavy (non-hydrogen) atoms. The van der Waals surface area contributed by atoms with E-state index in [0.717, 1.165) is 5.56 Å². The molecule has 0 atom stereocenters. The van der Waals surface area contributed by atoms with Crippen molar-refractivity contribution in [1.29, 1.82) is 0 Å². The van der Waals surface area contributed by atoms with Crippen LogP contribution in [0.25, 0.3) is 11.5 Å². The zero-order chi connectivity index (χ0) is 23.2. The van der Waals surface area contributed by atoms with Gasteiger partial charge in [0.2, 0.25) is 27.6 Å². The SMILES string of the molecule is Cc1ccc(-c2nnc(C3CCN(S(=O)(=O)c4c(F)c(F)c(F)c(F)c4F)CC3)o2)cc1. The Morgan fingerprint density at radius 2 is 1.41 bits per heavy atom. The fourth-order valence-electron chi connectivity index (χ4n) is 3.50. The molecule has 2 aromatic carbocycles. The number of aromatic nitrogens is 2. The fraction of sp³-hybridized carbons (Fsp3) is 0.300. The second-order valence-electron chi connectivity index (χ2n) is 7.39. The number of hydrogen-bond donors (Lipinski definition) is 0. The highest BCUT2D eigenvalue weighted by Crippen LogP contribution is 2.34. The minimum atomic E-state index is -4.96. The van der Waals surface area contributed by atoms with Crippen molar-refractivity contribution in [2.75, 3.05) is 13.1 Å². The topological polar surface area (TPSA) is 76.3 Å². The lowest BCUT2D eigenvalue weighted by Crippen LogP contribution is -2.39. The van der Waals surface area contributed by atoms with Crippen LogP contribution < -0.4 is 0 Å². The Kier molecular flexibility index (Phi) is 5.76. The van der Waals surface area contributed by atoms with E-state index in [4.69, 9.17) is 4.42 Å². The van der Waals surface area contributed by atoms with Crippen molar-refractivity contribution in [2.45, 2.75) is 30.6 Å². The summed E-state index contributed by atoms with van der Waals surface area (Å²) in [6, 6.07) is 7.38. The maximum atomic E-state index is 14.0.